The van der Waals surface area contributed by atoms with Crippen LogP contribution in [0.5, 0.6) is 0 Å². The van der Waals surface area contributed by atoms with Gasteiger partial charge in [0, 0.05) is 27.2 Å². The van der Waals surface area contributed by atoms with Crippen molar-refractivity contribution in [2.45, 2.75) is 24.8 Å². The van der Waals surface area contributed by atoms with Crippen LogP contribution in [-0.2, 0) is 23.0 Å². The summed E-state index contributed by atoms with van der Waals surface area (Å²) < 4.78 is 28.4. The molecule has 1 aliphatic rings. The van der Waals surface area contributed by atoms with Crippen molar-refractivity contribution in [2.75, 3.05) is 25.5 Å². The Balaban J connectivity index is 1.77. The lowest BCUT2D eigenvalue weighted by Gasteiger charge is -2.31. The smallest absolute Gasteiger partial charge is 0.242 e. The predicted molar refractivity (Wildman–Crippen MR) is 99.8 cm³/mol. The Kier molecular flexibility index (Phi) is 3.96. The number of sulfonamides is 1. The molecule has 0 fully saturated rings. The Morgan fingerprint density at radius 1 is 1.19 bits per heavy atom. The molecule has 0 radical (unpaired) electrons. The van der Waals surface area contributed by atoms with Crippen LogP contribution in [0, 0.1) is 6.92 Å². The first-order chi connectivity index (χ1) is 12.4. The van der Waals surface area contributed by atoms with E-state index in [2.05, 4.69) is 10.00 Å². The van der Waals surface area contributed by atoms with Gasteiger partial charge in [-0.3, -0.25) is 0 Å². The van der Waals surface area contributed by atoms with Crippen LogP contribution in [0.1, 0.15) is 16.8 Å². The number of benzene rings is 1. The molecule has 0 unspecified atom stereocenters. The summed E-state index contributed by atoms with van der Waals surface area (Å²) in [6.45, 7) is 3.29. The van der Waals surface area contributed by atoms with Crippen LogP contribution in [0.2, 0.25) is 0 Å². The Hall–Kier alpha value is -2.45. The van der Waals surface area contributed by atoms with Crippen molar-refractivity contribution in [2.24, 2.45) is 0 Å². The van der Waals surface area contributed by atoms with Crippen molar-refractivity contribution in [3.05, 3.63) is 53.5 Å². The van der Waals surface area contributed by atoms with Gasteiger partial charge < -0.3 is 4.90 Å². The number of fused-ring (bicyclic) bond motifs is 2. The summed E-state index contributed by atoms with van der Waals surface area (Å²) in [5.41, 5.74) is 3.79. The maximum Gasteiger partial charge on any atom is 0.242 e. The number of hydrogen-bond acceptors (Lipinski definition) is 5. The van der Waals surface area contributed by atoms with Crippen molar-refractivity contribution < 1.29 is 8.42 Å². The second kappa shape index (κ2) is 6.07. The third-order valence-corrected chi connectivity index (χ3v) is 6.67. The lowest BCUT2D eigenvalue weighted by Crippen LogP contribution is -2.33. The van der Waals surface area contributed by atoms with Gasteiger partial charge in [0.05, 0.1) is 23.0 Å². The highest BCUT2D eigenvalue weighted by Gasteiger charge is 2.27. The molecule has 0 N–H and O–H groups in total. The average Bonchev–Trinajstić information content (AvgIpc) is 3.08. The number of aromatic nitrogens is 3. The molecule has 0 bridgehead atoms. The van der Waals surface area contributed by atoms with E-state index in [1.54, 1.807) is 26.4 Å². The fourth-order valence-corrected chi connectivity index (χ4v) is 4.64. The first kappa shape index (κ1) is 17.0. The quantitative estimate of drug-likeness (QED) is 0.703. The van der Waals surface area contributed by atoms with Crippen LogP contribution in [0.3, 0.4) is 0 Å². The van der Waals surface area contributed by atoms with E-state index >= 15 is 0 Å². The summed E-state index contributed by atoms with van der Waals surface area (Å²) in [6.07, 6.45) is 4.33. The van der Waals surface area contributed by atoms with Crippen LogP contribution < -0.4 is 4.90 Å². The SMILES string of the molecule is Cc1cn2nccc2c(N2CCc3c(cccc3S(=O)(=O)N(C)C)C2)n1. The summed E-state index contributed by atoms with van der Waals surface area (Å²) in [4.78, 5) is 7.31. The zero-order valence-electron chi connectivity index (χ0n) is 15.0. The van der Waals surface area contributed by atoms with Gasteiger partial charge in [0.2, 0.25) is 10.0 Å². The number of nitrogens with zero attached hydrogens (tertiary/aromatic N) is 5. The molecule has 4 rings (SSSR count). The monoisotopic (exact) mass is 371 g/mol. The lowest BCUT2D eigenvalue weighted by atomic mass is 10.00. The Morgan fingerprint density at radius 2 is 2.00 bits per heavy atom. The molecule has 1 aromatic carbocycles. The molecule has 0 atom stereocenters. The van der Waals surface area contributed by atoms with Crippen LogP contribution in [0.4, 0.5) is 5.82 Å². The second-order valence-corrected chi connectivity index (χ2v) is 8.84. The first-order valence-electron chi connectivity index (χ1n) is 8.47. The van der Waals surface area contributed by atoms with Crippen molar-refractivity contribution in [3.8, 4) is 0 Å². The van der Waals surface area contributed by atoms with Crippen LogP contribution >= 0.6 is 0 Å². The number of hydrogen-bond donors (Lipinski definition) is 0. The molecule has 0 saturated heterocycles. The molecule has 0 aliphatic carbocycles. The van der Waals surface area contributed by atoms with E-state index in [0.717, 1.165) is 28.2 Å². The summed E-state index contributed by atoms with van der Waals surface area (Å²) in [5, 5.41) is 4.31. The minimum absolute atomic E-state index is 0.409. The molecule has 26 heavy (non-hydrogen) atoms. The van der Waals surface area contributed by atoms with Crippen LogP contribution in [-0.4, -0.2) is 48.0 Å². The van der Waals surface area contributed by atoms with E-state index in [0.29, 0.717) is 24.4 Å². The van der Waals surface area contributed by atoms with Gasteiger partial charge in [-0.25, -0.2) is 22.2 Å². The molecule has 0 spiro atoms. The van der Waals surface area contributed by atoms with E-state index in [1.807, 2.05) is 35.8 Å². The highest BCUT2D eigenvalue weighted by molar-refractivity contribution is 7.89. The molecule has 3 heterocycles. The molecule has 3 aromatic rings. The van der Waals surface area contributed by atoms with Crippen LogP contribution in [0.25, 0.3) is 5.52 Å². The molecular weight excluding hydrogens is 350 g/mol. The lowest BCUT2D eigenvalue weighted by molar-refractivity contribution is 0.518. The van der Waals surface area contributed by atoms with Crippen LogP contribution in [0.15, 0.2) is 41.6 Å². The van der Waals surface area contributed by atoms with E-state index < -0.39 is 10.0 Å². The van der Waals surface area contributed by atoms with E-state index in [-0.39, 0.29) is 0 Å². The van der Waals surface area contributed by atoms with E-state index in [1.165, 1.54) is 4.31 Å². The zero-order chi connectivity index (χ0) is 18.5. The molecule has 0 saturated carbocycles. The first-order valence-corrected chi connectivity index (χ1v) is 9.91. The van der Waals surface area contributed by atoms with Gasteiger partial charge in [0.15, 0.2) is 5.82 Å². The second-order valence-electron chi connectivity index (χ2n) is 6.72. The Morgan fingerprint density at radius 3 is 2.77 bits per heavy atom. The van der Waals surface area contributed by atoms with Gasteiger partial charge in [0.25, 0.3) is 0 Å². The topological polar surface area (TPSA) is 70.8 Å². The highest BCUT2D eigenvalue weighted by Crippen LogP contribution is 2.30. The Bertz CT molecular complexity index is 1090. The summed E-state index contributed by atoms with van der Waals surface area (Å²) in [5.74, 6) is 0.883. The maximum atomic E-state index is 12.6. The van der Waals surface area contributed by atoms with E-state index in [9.17, 15) is 8.42 Å². The average molecular weight is 371 g/mol. The third kappa shape index (κ3) is 2.65. The van der Waals surface area contributed by atoms with Gasteiger partial charge in [-0.1, -0.05) is 12.1 Å². The zero-order valence-corrected chi connectivity index (χ0v) is 15.9. The Labute approximate surface area is 152 Å². The minimum atomic E-state index is -3.45. The molecule has 7 nitrogen and oxygen atoms in total. The maximum absolute atomic E-state index is 12.6. The highest BCUT2D eigenvalue weighted by atomic mass is 32.2. The van der Waals surface area contributed by atoms with Gasteiger partial charge in [0.1, 0.15) is 5.52 Å². The number of rotatable bonds is 3. The summed E-state index contributed by atoms with van der Waals surface area (Å²) >= 11 is 0. The molecule has 2 aromatic heterocycles. The largest absolute Gasteiger partial charge is 0.350 e. The predicted octanol–water partition coefficient (Wildman–Crippen LogP) is 1.85. The van der Waals surface area contributed by atoms with Crippen molar-refractivity contribution in [3.63, 3.8) is 0 Å². The number of aryl methyl sites for hydroxylation is 1. The molecule has 136 valence electrons. The fraction of sp³-hybridized carbons (Fsp3) is 0.333. The molecular formula is C18H21N5O2S. The third-order valence-electron chi connectivity index (χ3n) is 4.77. The summed E-state index contributed by atoms with van der Waals surface area (Å²) in [6, 6.07) is 7.46. The summed E-state index contributed by atoms with van der Waals surface area (Å²) in [7, 11) is -0.315. The van der Waals surface area contributed by atoms with Gasteiger partial charge in [-0.15, -0.1) is 0 Å². The molecule has 8 heteroatoms. The minimum Gasteiger partial charge on any atom is -0.350 e. The molecule has 1 aliphatic heterocycles. The van der Waals surface area contributed by atoms with Gasteiger partial charge in [-0.2, -0.15) is 5.10 Å². The van der Waals surface area contributed by atoms with Crippen molar-refractivity contribution in [1.82, 2.24) is 18.9 Å². The number of anilines is 1. The van der Waals surface area contributed by atoms with Crippen molar-refractivity contribution >= 4 is 21.4 Å². The van der Waals surface area contributed by atoms with E-state index in [4.69, 9.17) is 4.98 Å². The molecule has 0 amide bonds. The normalized spacial score (nSPS) is 14.8. The van der Waals surface area contributed by atoms with Gasteiger partial charge >= 0.3 is 0 Å². The van der Waals surface area contributed by atoms with Crippen molar-refractivity contribution in [1.29, 1.82) is 0 Å². The standard InChI is InChI=1S/C18H21N5O2S/c1-13-11-23-16(7-9-19-23)18(20-13)22-10-8-15-14(12-22)5-4-6-17(15)26(24,25)21(2)3/h4-7,9,11H,8,10,12H2,1-3H3. The van der Waals surface area contributed by atoms with Gasteiger partial charge in [-0.05, 0) is 36.6 Å². The fourth-order valence-electron chi connectivity index (χ4n) is 3.45.